The Morgan fingerprint density at radius 2 is 2.05 bits per heavy atom. The van der Waals surface area contributed by atoms with Gasteiger partial charge in [-0.05, 0) is 57.5 Å². The van der Waals surface area contributed by atoms with E-state index in [1.165, 1.54) is 6.42 Å². The van der Waals surface area contributed by atoms with Crippen LogP contribution in [0.3, 0.4) is 0 Å². The Morgan fingerprint density at radius 1 is 1.15 bits per heavy atom. The van der Waals surface area contributed by atoms with Crippen LogP contribution in [0.1, 0.15) is 38.5 Å². The van der Waals surface area contributed by atoms with Crippen LogP contribution >= 0.6 is 0 Å². The Kier molecular flexibility index (Phi) is 4.65. The molecule has 0 aromatic rings. The van der Waals surface area contributed by atoms with E-state index in [2.05, 4.69) is 5.32 Å². The molecule has 0 aromatic heterocycles. The molecule has 0 spiro atoms. The third-order valence-corrected chi connectivity index (χ3v) is 6.87. The van der Waals surface area contributed by atoms with Gasteiger partial charge in [0.15, 0.2) is 0 Å². The second kappa shape index (κ2) is 6.30. The first-order valence-corrected chi connectivity index (χ1v) is 9.59. The topological polar surface area (TPSA) is 58.6 Å². The molecule has 3 atom stereocenters. The smallest absolute Gasteiger partial charge is 0.216 e. The van der Waals surface area contributed by atoms with Crippen molar-refractivity contribution in [2.75, 3.05) is 32.0 Å². The Hall–Kier alpha value is -0.170. The normalized spacial score (nSPS) is 36.5. The van der Waals surface area contributed by atoms with Crippen LogP contribution in [0.15, 0.2) is 0 Å². The number of nitrogens with one attached hydrogen (secondary N) is 1. The zero-order chi connectivity index (χ0) is 14.0. The minimum Gasteiger partial charge on any atom is -0.377 e. The van der Waals surface area contributed by atoms with Crippen LogP contribution in [0, 0.1) is 5.92 Å². The fourth-order valence-electron chi connectivity index (χ4n) is 3.90. The second-order valence-electron chi connectivity index (χ2n) is 6.34. The Labute approximate surface area is 122 Å². The van der Waals surface area contributed by atoms with Gasteiger partial charge < -0.3 is 10.1 Å². The van der Waals surface area contributed by atoms with Gasteiger partial charge in [-0.25, -0.2) is 8.42 Å². The van der Waals surface area contributed by atoms with Gasteiger partial charge in [-0.1, -0.05) is 0 Å². The summed E-state index contributed by atoms with van der Waals surface area (Å²) in [6.45, 7) is 3.47. The largest absolute Gasteiger partial charge is 0.377 e. The SMILES string of the molecule is O=S(=O)(CC1CCCO1)N1CCCC1C1CCCNC1. The summed E-state index contributed by atoms with van der Waals surface area (Å²) in [4.78, 5) is 0. The summed E-state index contributed by atoms with van der Waals surface area (Å²) in [5, 5.41) is 3.41. The molecule has 0 aliphatic carbocycles. The molecule has 3 saturated heterocycles. The molecule has 3 fully saturated rings. The first-order valence-electron chi connectivity index (χ1n) is 7.99. The zero-order valence-corrected chi connectivity index (χ0v) is 12.9. The van der Waals surface area contributed by atoms with E-state index >= 15 is 0 Å². The Morgan fingerprint density at radius 3 is 2.75 bits per heavy atom. The summed E-state index contributed by atoms with van der Waals surface area (Å²) in [5.74, 6) is 0.675. The van der Waals surface area contributed by atoms with Gasteiger partial charge in [0.2, 0.25) is 10.0 Å². The highest BCUT2D eigenvalue weighted by Gasteiger charge is 2.40. The van der Waals surface area contributed by atoms with E-state index in [4.69, 9.17) is 4.74 Å². The summed E-state index contributed by atoms with van der Waals surface area (Å²) < 4.78 is 32.6. The van der Waals surface area contributed by atoms with Crippen LogP contribution in [0.5, 0.6) is 0 Å². The minimum absolute atomic E-state index is 0.0780. The molecule has 20 heavy (non-hydrogen) atoms. The number of ether oxygens (including phenoxy) is 1. The quantitative estimate of drug-likeness (QED) is 0.840. The molecule has 3 rings (SSSR count). The standard InChI is InChI=1S/C14H26N2O3S/c17-20(18,11-13-5-3-9-19-13)16-8-2-6-14(16)12-4-1-7-15-10-12/h12-15H,1-11H2. The molecule has 3 heterocycles. The third kappa shape index (κ3) is 3.18. The molecule has 3 aliphatic heterocycles. The van der Waals surface area contributed by atoms with Crippen molar-refractivity contribution in [2.45, 2.75) is 50.7 Å². The van der Waals surface area contributed by atoms with Crippen molar-refractivity contribution in [2.24, 2.45) is 5.92 Å². The predicted molar refractivity (Wildman–Crippen MR) is 78.1 cm³/mol. The summed E-state index contributed by atoms with van der Waals surface area (Å²) >= 11 is 0. The van der Waals surface area contributed by atoms with Gasteiger partial charge in [-0.15, -0.1) is 0 Å². The first-order chi connectivity index (χ1) is 9.67. The molecule has 0 bridgehead atoms. The van der Waals surface area contributed by atoms with Gasteiger partial charge in [0.25, 0.3) is 0 Å². The van der Waals surface area contributed by atoms with E-state index in [0.29, 0.717) is 12.5 Å². The lowest BCUT2D eigenvalue weighted by molar-refractivity contribution is 0.125. The number of sulfonamides is 1. The number of rotatable bonds is 4. The van der Waals surface area contributed by atoms with E-state index < -0.39 is 10.0 Å². The van der Waals surface area contributed by atoms with Crippen LogP contribution in [0.4, 0.5) is 0 Å². The van der Waals surface area contributed by atoms with E-state index in [0.717, 1.165) is 51.8 Å². The van der Waals surface area contributed by atoms with E-state index in [-0.39, 0.29) is 17.9 Å². The maximum Gasteiger partial charge on any atom is 0.216 e. The van der Waals surface area contributed by atoms with Gasteiger partial charge in [0.05, 0.1) is 11.9 Å². The van der Waals surface area contributed by atoms with Crippen molar-refractivity contribution in [3.8, 4) is 0 Å². The molecule has 0 aromatic carbocycles. The van der Waals surface area contributed by atoms with Crippen molar-refractivity contribution in [1.29, 1.82) is 0 Å². The highest BCUT2D eigenvalue weighted by atomic mass is 32.2. The average Bonchev–Trinajstić information content (AvgIpc) is 3.09. The molecule has 0 radical (unpaired) electrons. The van der Waals surface area contributed by atoms with Crippen molar-refractivity contribution >= 4 is 10.0 Å². The fourth-order valence-corrected chi connectivity index (χ4v) is 5.92. The lowest BCUT2D eigenvalue weighted by atomic mass is 9.91. The van der Waals surface area contributed by atoms with E-state index in [1.807, 2.05) is 0 Å². The molecular formula is C14H26N2O3S. The summed E-state index contributed by atoms with van der Waals surface area (Å²) in [7, 11) is -3.16. The van der Waals surface area contributed by atoms with E-state index in [1.54, 1.807) is 4.31 Å². The molecule has 1 N–H and O–H groups in total. The lowest BCUT2D eigenvalue weighted by Crippen LogP contribution is -2.47. The molecule has 5 nitrogen and oxygen atoms in total. The maximum absolute atomic E-state index is 12.7. The fraction of sp³-hybridized carbons (Fsp3) is 1.00. The predicted octanol–water partition coefficient (Wildman–Crippen LogP) is 0.959. The summed E-state index contributed by atoms with van der Waals surface area (Å²) in [6.07, 6.45) is 6.16. The summed E-state index contributed by atoms with van der Waals surface area (Å²) in [5.41, 5.74) is 0. The number of hydrogen-bond donors (Lipinski definition) is 1. The molecule has 116 valence electrons. The third-order valence-electron chi connectivity index (χ3n) is 4.91. The van der Waals surface area contributed by atoms with Gasteiger partial charge in [0, 0.05) is 19.2 Å². The van der Waals surface area contributed by atoms with Crippen molar-refractivity contribution in [3.63, 3.8) is 0 Å². The van der Waals surface area contributed by atoms with Crippen LogP contribution < -0.4 is 5.32 Å². The molecule has 0 saturated carbocycles. The first kappa shape index (κ1) is 14.8. The Bertz CT molecular complexity index is 414. The monoisotopic (exact) mass is 302 g/mol. The summed E-state index contributed by atoms with van der Waals surface area (Å²) in [6, 6.07) is 0.217. The lowest BCUT2D eigenvalue weighted by Gasteiger charge is -2.34. The van der Waals surface area contributed by atoms with Crippen molar-refractivity contribution in [3.05, 3.63) is 0 Å². The minimum atomic E-state index is -3.16. The van der Waals surface area contributed by atoms with Gasteiger partial charge in [-0.2, -0.15) is 4.31 Å². The number of nitrogens with zero attached hydrogens (tertiary/aromatic N) is 1. The van der Waals surface area contributed by atoms with Gasteiger partial charge in [-0.3, -0.25) is 0 Å². The van der Waals surface area contributed by atoms with E-state index in [9.17, 15) is 8.42 Å². The molecule has 0 amide bonds. The zero-order valence-electron chi connectivity index (χ0n) is 12.1. The van der Waals surface area contributed by atoms with Crippen LogP contribution in [0.2, 0.25) is 0 Å². The van der Waals surface area contributed by atoms with Crippen LogP contribution in [-0.2, 0) is 14.8 Å². The Balaban J connectivity index is 1.66. The maximum atomic E-state index is 12.7. The molecular weight excluding hydrogens is 276 g/mol. The van der Waals surface area contributed by atoms with Gasteiger partial charge in [0.1, 0.15) is 0 Å². The average molecular weight is 302 g/mol. The van der Waals surface area contributed by atoms with Gasteiger partial charge >= 0.3 is 0 Å². The highest BCUT2D eigenvalue weighted by Crippen LogP contribution is 2.31. The number of hydrogen-bond acceptors (Lipinski definition) is 4. The molecule has 3 aliphatic rings. The van der Waals surface area contributed by atoms with Crippen molar-refractivity contribution < 1.29 is 13.2 Å². The van der Waals surface area contributed by atoms with Crippen molar-refractivity contribution in [1.82, 2.24) is 9.62 Å². The molecule has 3 unspecified atom stereocenters. The van der Waals surface area contributed by atoms with Crippen LogP contribution in [0.25, 0.3) is 0 Å². The highest BCUT2D eigenvalue weighted by molar-refractivity contribution is 7.89. The molecule has 6 heteroatoms. The van der Waals surface area contributed by atoms with Crippen LogP contribution in [-0.4, -0.2) is 56.9 Å². The second-order valence-corrected chi connectivity index (χ2v) is 8.31. The number of piperidine rings is 1.